The summed E-state index contributed by atoms with van der Waals surface area (Å²) < 4.78 is 19.2. The van der Waals surface area contributed by atoms with E-state index in [-0.39, 0.29) is 60.6 Å². The number of aliphatic hydroxyl groups excluding tert-OH is 1. The van der Waals surface area contributed by atoms with Crippen LogP contribution in [0.4, 0.5) is 4.39 Å². The minimum atomic E-state index is -1.08. The van der Waals surface area contributed by atoms with E-state index in [1.165, 1.54) is 0 Å². The predicted octanol–water partition coefficient (Wildman–Crippen LogP) is 0.974. The van der Waals surface area contributed by atoms with Gasteiger partial charge in [-0.15, -0.1) is 11.6 Å². The van der Waals surface area contributed by atoms with Gasteiger partial charge in [0.25, 0.3) is 0 Å². The number of amides is 2. The van der Waals surface area contributed by atoms with Gasteiger partial charge in [0.2, 0.25) is 11.8 Å². The number of hydrogen-bond donors (Lipinski definition) is 4. The molecule has 1 heterocycles. The lowest BCUT2D eigenvalue weighted by Gasteiger charge is -2.69. The third-order valence-electron chi connectivity index (χ3n) is 7.09. The number of nitrogens with one attached hydrogen (secondary N) is 3. The number of carbonyl (C=O) groups is 2. The smallest absolute Gasteiger partial charge is 0.246 e. The summed E-state index contributed by atoms with van der Waals surface area (Å²) in [5.41, 5.74) is -0.663. The first-order valence-electron chi connectivity index (χ1n) is 10.7. The van der Waals surface area contributed by atoms with Gasteiger partial charge >= 0.3 is 0 Å². The maximum atomic E-state index is 13.7. The molecule has 5 aliphatic rings. The molecular weight excluding hydrogens is 401 g/mol. The van der Waals surface area contributed by atoms with Crippen LogP contribution in [-0.4, -0.2) is 66.0 Å². The van der Waals surface area contributed by atoms with E-state index in [2.05, 4.69) is 16.0 Å². The van der Waals surface area contributed by atoms with Crippen LogP contribution in [0.2, 0.25) is 0 Å². The predicted molar refractivity (Wildman–Crippen MR) is 105 cm³/mol. The summed E-state index contributed by atoms with van der Waals surface area (Å²) in [5.74, 6) is 0.0574. The van der Waals surface area contributed by atoms with Gasteiger partial charge in [0.1, 0.15) is 12.8 Å². The van der Waals surface area contributed by atoms with Crippen LogP contribution in [0.15, 0.2) is 0 Å². The molecule has 2 amide bonds. The van der Waals surface area contributed by atoms with E-state index in [9.17, 15) is 19.1 Å². The van der Waals surface area contributed by atoms with Crippen molar-refractivity contribution in [2.75, 3.05) is 19.8 Å². The van der Waals surface area contributed by atoms with Crippen LogP contribution in [0.25, 0.3) is 0 Å². The highest BCUT2D eigenvalue weighted by Gasteiger charge is 2.72. The minimum Gasteiger partial charge on any atom is -0.396 e. The zero-order chi connectivity index (χ0) is 20.6. The van der Waals surface area contributed by atoms with Gasteiger partial charge in [-0.05, 0) is 57.4 Å². The Balaban J connectivity index is 1.16. The molecule has 0 spiro atoms. The molecule has 5 rings (SSSR count). The van der Waals surface area contributed by atoms with E-state index in [0.717, 1.165) is 19.4 Å². The number of rotatable bonds is 7. The lowest BCUT2D eigenvalue weighted by atomic mass is 9.39. The van der Waals surface area contributed by atoms with Crippen LogP contribution in [0.1, 0.15) is 51.4 Å². The summed E-state index contributed by atoms with van der Waals surface area (Å²) in [7, 11) is 0. The maximum absolute atomic E-state index is 13.7. The highest BCUT2D eigenvalue weighted by Crippen LogP contribution is 2.67. The summed E-state index contributed by atoms with van der Waals surface area (Å²) >= 11 is 5.87. The Morgan fingerprint density at radius 3 is 2.66 bits per heavy atom. The summed E-state index contributed by atoms with van der Waals surface area (Å²) in [5, 5.41) is 18.2. The van der Waals surface area contributed by atoms with E-state index in [0.29, 0.717) is 32.1 Å². The summed E-state index contributed by atoms with van der Waals surface area (Å²) in [6.45, 7) is 0.856. The Hall–Kier alpha value is -0.960. The van der Waals surface area contributed by atoms with Gasteiger partial charge in [0.15, 0.2) is 0 Å². The van der Waals surface area contributed by atoms with E-state index in [1.807, 2.05) is 0 Å². The van der Waals surface area contributed by atoms with Crippen LogP contribution in [0.5, 0.6) is 0 Å². The molecule has 0 aromatic heterocycles. The minimum absolute atomic E-state index is 0.0350. The molecule has 0 radical (unpaired) electrons. The molecule has 4 N–H and O–H groups in total. The van der Waals surface area contributed by atoms with Crippen molar-refractivity contribution in [3.8, 4) is 0 Å². The van der Waals surface area contributed by atoms with Crippen molar-refractivity contribution in [3.05, 3.63) is 0 Å². The molecule has 29 heavy (non-hydrogen) atoms. The van der Waals surface area contributed by atoms with E-state index in [1.54, 1.807) is 0 Å². The molecule has 0 aromatic rings. The lowest BCUT2D eigenvalue weighted by Crippen LogP contribution is -2.79. The fraction of sp³-hybridized carbons (Fsp3) is 0.900. The quantitative estimate of drug-likeness (QED) is 0.450. The molecule has 5 atom stereocenters. The fourth-order valence-electron chi connectivity index (χ4n) is 5.46. The fourth-order valence-corrected chi connectivity index (χ4v) is 5.69. The lowest BCUT2D eigenvalue weighted by molar-refractivity contribution is -0.185. The van der Waals surface area contributed by atoms with Crippen LogP contribution in [0, 0.1) is 11.3 Å². The number of carbonyl (C=O) groups excluding carboxylic acids is 2. The first-order chi connectivity index (χ1) is 13.8. The van der Waals surface area contributed by atoms with Crippen molar-refractivity contribution in [2.45, 2.75) is 80.7 Å². The molecule has 0 aromatic carbocycles. The number of ether oxygens (including phenoxy) is 1. The molecule has 164 valence electrons. The highest BCUT2D eigenvalue weighted by atomic mass is 35.5. The Bertz CT molecular complexity index is 631. The molecule has 5 fully saturated rings. The Labute approximate surface area is 175 Å². The first kappa shape index (κ1) is 21.3. The van der Waals surface area contributed by atoms with Crippen molar-refractivity contribution >= 4 is 23.4 Å². The van der Waals surface area contributed by atoms with Gasteiger partial charge in [-0.1, -0.05) is 0 Å². The number of alkyl halides is 2. The third-order valence-corrected chi connectivity index (χ3v) is 7.58. The van der Waals surface area contributed by atoms with Crippen LogP contribution < -0.4 is 16.0 Å². The Morgan fingerprint density at radius 1 is 1.21 bits per heavy atom. The van der Waals surface area contributed by atoms with Crippen molar-refractivity contribution in [2.24, 2.45) is 11.3 Å². The third kappa shape index (κ3) is 4.40. The Morgan fingerprint density at radius 2 is 1.97 bits per heavy atom. The summed E-state index contributed by atoms with van der Waals surface area (Å²) in [4.78, 5) is 24.9. The number of halogens is 2. The van der Waals surface area contributed by atoms with Gasteiger partial charge in [-0.25, -0.2) is 4.39 Å². The van der Waals surface area contributed by atoms with Gasteiger partial charge in [0.05, 0.1) is 23.1 Å². The van der Waals surface area contributed by atoms with E-state index >= 15 is 0 Å². The van der Waals surface area contributed by atoms with E-state index < -0.39 is 11.5 Å². The molecule has 2 bridgehead atoms. The maximum Gasteiger partial charge on any atom is 0.246 e. The standard InChI is InChI=1S/C20H31ClFN3O4/c21-14-2-1-13(6-15(14)22)29-8-17(27)25-20-9-19(10-20,11-20)18(28)24-16-5-12(7-26)3-4-23-16/h12-16,23,26H,1-11H2,(H,24,28)(H,25,27). The number of piperidine rings is 1. The zero-order valence-corrected chi connectivity index (χ0v) is 17.3. The topological polar surface area (TPSA) is 99.7 Å². The van der Waals surface area contributed by atoms with E-state index in [4.69, 9.17) is 16.3 Å². The van der Waals surface area contributed by atoms with Crippen molar-refractivity contribution in [1.82, 2.24) is 16.0 Å². The largest absolute Gasteiger partial charge is 0.396 e. The monoisotopic (exact) mass is 431 g/mol. The number of hydrogen-bond acceptors (Lipinski definition) is 5. The zero-order valence-electron chi connectivity index (χ0n) is 16.6. The summed E-state index contributed by atoms with van der Waals surface area (Å²) in [6, 6.07) is 0. The summed E-state index contributed by atoms with van der Waals surface area (Å²) in [6.07, 6.45) is 3.64. The SMILES string of the molecule is O=C(COC1CCC(Cl)C(F)C1)NC12CC(C(=O)NC3CC(CO)CCN3)(C1)C2. The average molecular weight is 432 g/mol. The highest BCUT2D eigenvalue weighted by molar-refractivity contribution is 6.21. The normalized spacial score (nSPS) is 43.6. The van der Waals surface area contributed by atoms with Crippen molar-refractivity contribution in [1.29, 1.82) is 0 Å². The first-order valence-corrected chi connectivity index (χ1v) is 11.1. The molecule has 4 saturated carbocycles. The van der Waals surface area contributed by atoms with Crippen molar-refractivity contribution < 1.29 is 23.8 Å². The number of aliphatic hydroxyl groups is 1. The molecular formula is C20H31ClFN3O4. The molecule has 1 saturated heterocycles. The van der Waals surface area contributed by atoms with Gasteiger partial charge in [0, 0.05) is 18.6 Å². The molecule has 5 unspecified atom stereocenters. The van der Waals surface area contributed by atoms with Crippen LogP contribution in [0.3, 0.4) is 0 Å². The van der Waals surface area contributed by atoms with Gasteiger partial charge < -0.3 is 20.5 Å². The molecule has 9 heteroatoms. The average Bonchev–Trinajstić information content (AvgIpc) is 2.64. The molecule has 4 aliphatic carbocycles. The van der Waals surface area contributed by atoms with Crippen LogP contribution in [-0.2, 0) is 14.3 Å². The van der Waals surface area contributed by atoms with Gasteiger partial charge in [-0.2, -0.15) is 0 Å². The van der Waals surface area contributed by atoms with Crippen LogP contribution >= 0.6 is 11.6 Å². The second kappa shape index (κ2) is 8.29. The molecule has 7 nitrogen and oxygen atoms in total. The Kier molecular flexibility index (Phi) is 6.08. The second-order valence-corrected chi connectivity index (χ2v) is 10.0. The van der Waals surface area contributed by atoms with Crippen molar-refractivity contribution in [3.63, 3.8) is 0 Å². The second-order valence-electron chi connectivity index (χ2n) is 9.47. The van der Waals surface area contributed by atoms with Gasteiger partial charge in [-0.3, -0.25) is 14.9 Å². The molecule has 1 aliphatic heterocycles.